The van der Waals surface area contributed by atoms with Crippen LogP contribution in [0.15, 0.2) is 65.6 Å². The summed E-state index contributed by atoms with van der Waals surface area (Å²) < 4.78 is 16.4. The third kappa shape index (κ3) is 3.82. The lowest BCUT2D eigenvalue weighted by Gasteiger charge is -2.25. The topological polar surface area (TPSA) is 85.3 Å². The van der Waals surface area contributed by atoms with E-state index in [0.29, 0.717) is 41.6 Å². The summed E-state index contributed by atoms with van der Waals surface area (Å²) in [6.07, 6.45) is 0. The Morgan fingerprint density at radius 3 is 2.55 bits per heavy atom. The zero-order chi connectivity index (χ0) is 22.9. The lowest BCUT2D eigenvalue weighted by molar-refractivity contribution is -0.140. The van der Waals surface area contributed by atoms with E-state index in [-0.39, 0.29) is 17.9 Å². The largest absolute Gasteiger partial charge is 0.507 e. The molecule has 0 spiro atoms. The Kier molecular flexibility index (Phi) is 5.51. The molecular weight excluding hydrogens is 442 g/mol. The normalized spacial score (nSPS) is 19.1. The fourth-order valence-corrected chi connectivity index (χ4v) is 4.80. The minimum absolute atomic E-state index is 0.0402. The molecular formula is C25H21NO6S. The number of carbonyl (C=O) groups is 2. The molecule has 2 aromatic carbocycles. The third-order valence-corrected chi connectivity index (χ3v) is 6.55. The summed E-state index contributed by atoms with van der Waals surface area (Å²) in [5.41, 5.74) is 1.12. The number of hydrogen-bond donors (Lipinski definition) is 1. The number of aliphatic hydroxyl groups excluding tert-OH is 1. The van der Waals surface area contributed by atoms with Gasteiger partial charge >= 0.3 is 0 Å². The van der Waals surface area contributed by atoms with Gasteiger partial charge in [-0.15, -0.1) is 11.3 Å². The Bertz CT molecular complexity index is 1230. The quantitative estimate of drug-likeness (QED) is 0.348. The van der Waals surface area contributed by atoms with Gasteiger partial charge in [0.15, 0.2) is 11.5 Å². The zero-order valence-electron chi connectivity index (χ0n) is 17.8. The molecule has 8 heteroatoms. The van der Waals surface area contributed by atoms with Crippen LogP contribution in [0.25, 0.3) is 5.76 Å². The monoisotopic (exact) mass is 463 g/mol. The molecule has 3 heterocycles. The molecule has 1 amide bonds. The molecule has 2 aliphatic rings. The van der Waals surface area contributed by atoms with E-state index in [1.165, 1.54) is 16.2 Å². The summed E-state index contributed by atoms with van der Waals surface area (Å²) in [6, 6.07) is 15.2. The summed E-state index contributed by atoms with van der Waals surface area (Å²) in [5, 5.41) is 13.2. The maximum atomic E-state index is 13.2. The minimum Gasteiger partial charge on any atom is -0.507 e. The number of amides is 1. The van der Waals surface area contributed by atoms with Gasteiger partial charge in [-0.05, 0) is 47.3 Å². The number of likely N-dealkylation sites (tertiary alicyclic amines) is 1. The number of methoxy groups -OCH3 is 1. The van der Waals surface area contributed by atoms with Gasteiger partial charge < -0.3 is 24.2 Å². The number of aliphatic hydroxyl groups is 1. The Labute approximate surface area is 194 Å². The summed E-state index contributed by atoms with van der Waals surface area (Å²) in [7, 11) is 1.57. The maximum Gasteiger partial charge on any atom is 0.295 e. The highest BCUT2D eigenvalue weighted by Gasteiger charge is 2.46. The zero-order valence-corrected chi connectivity index (χ0v) is 18.6. The third-order valence-electron chi connectivity index (χ3n) is 5.69. The van der Waals surface area contributed by atoms with Crippen LogP contribution < -0.4 is 14.2 Å². The molecule has 0 radical (unpaired) electrons. The number of ketones is 1. The van der Waals surface area contributed by atoms with E-state index in [4.69, 9.17) is 14.2 Å². The van der Waals surface area contributed by atoms with Crippen molar-refractivity contribution >= 4 is 28.8 Å². The number of ether oxygens (including phenoxy) is 3. The first-order valence-corrected chi connectivity index (χ1v) is 11.3. The number of nitrogens with zero attached hydrogens (tertiary/aromatic N) is 1. The molecule has 1 fully saturated rings. The van der Waals surface area contributed by atoms with E-state index in [9.17, 15) is 14.7 Å². The van der Waals surface area contributed by atoms with Crippen LogP contribution in [-0.2, 0) is 16.1 Å². The second-order valence-electron chi connectivity index (χ2n) is 7.64. The Morgan fingerprint density at radius 2 is 1.85 bits per heavy atom. The average Bonchev–Trinajstić information content (AvgIpc) is 3.46. The predicted octanol–water partition coefficient (Wildman–Crippen LogP) is 4.15. The standard InChI is InChI=1S/C25H21NO6S/c1-30-17-7-4-15(5-8-17)22-21(24(28)25(29)26(22)14-18-3-2-12-33-18)23(27)16-6-9-19-20(13-16)32-11-10-31-19/h2-9,12-13,22,27H,10-11,14H2,1H3/b23-21+. The number of carbonyl (C=O) groups excluding carboxylic acids is 2. The highest BCUT2D eigenvalue weighted by Crippen LogP contribution is 2.42. The van der Waals surface area contributed by atoms with Crippen molar-refractivity contribution in [3.8, 4) is 17.2 Å². The van der Waals surface area contributed by atoms with Gasteiger partial charge in [0.2, 0.25) is 0 Å². The molecule has 1 aromatic heterocycles. The van der Waals surface area contributed by atoms with E-state index >= 15 is 0 Å². The van der Waals surface area contributed by atoms with E-state index in [2.05, 4.69) is 0 Å². The van der Waals surface area contributed by atoms with Crippen LogP contribution in [0.3, 0.4) is 0 Å². The van der Waals surface area contributed by atoms with Crippen LogP contribution in [0.4, 0.5) is 0 Å². The molecule has 5 rings (SSSR count). The molecule has 2 aliphatic heterocycles. The van der Waals surface area contributed by atoms with Crippen LogP contribution in [-0.4, -0.2) is 42.0 Å². The second kappa shape index (κ2) is 8.63. The second-order valence-corrected chi connectivity index (χ2v) is 8.67. The van der Waals surface area contributed by atoms with Gasteiger partial charge in [0.25, 0.3) is 11.7 Å². The highest BCUT2D eigenvalue weighted by atomic mass is 32.1. The van der Waals surface area contributed by atoms with Crippen LogP contribution in [0, 0.1) is 0 Å². The SMILES string of the molecule is COc1ccc(C2/C(=C(\O)c3ccc4c(c3)OCCO4)C(=O)C(=O)N2Cc2cccs2)cc1. The van der Waals surface area contributed by atoms with Crippen LogP contribution in [0.1, 0.15) is 22.0 Å². The van der Waals surface area contributed by atoms with Crippen molar-refractivity contribution in [2.45, 2.75) is 12.6 Å². The van der Waals surface area contributed by atoms with Gasteiger partial charge in [0.1, 0.15) is 24.7 Å². The smallest absolute Gasteiger partial charge is 0.295 e. The van der Waals surface area contributed by atoms with Crippen molar-refractivity contribution in [1.82, 2.24) is 4.90 Å². The summed E-state index contributed by atoms with van der Waals surface area (Å²) in [6.45, 7) is 1.11. The molecule has 168 valence electrons. The number of hydrogen-bond acceptors (Lipinski definition) is 7. The maximum absolute atomic E-state index is 13.2. The molecule has 1 N–H and O–H groups in total. The van der Waals surface area contributed by atoms with E-state index in [1.807, 2.05) is 17.5 Å². The average molecular weight is 464 g/mol. The van der Waals surface area contributed by atoms with E-state index < -0.39 is 17.7 Å². The first-order chi connectivity index (χ1) is 16.1. The van der Waals surface area contributed by atoms with Crippen LogP contribution in [0.2, 0.25) is 0 Å². The fourth-order valence-electron chi connectivity index (χ4n) is 4.09. The Balaban J connectivity index is 1.62. The van der Waals surface area contributed by atoms with Crippen molar-refractivity contribution in [2.24, 2.45) is 0 Å². The van der Waals surface area contributed by atoms with Crippen molar-refractivity contribution in [3.05, 3.63) is 81.6 Å². The number of thiophene rings is 1. The Hall–Kier alpha value is -3.78. The van der Waals surface area contributed by atoms with Crippen molar-refractivity contribution < 1.29 is 28.9 Å². The van der Waals surface area contributed by atoms with Crippen LogP contribution >= 0.6 is 11.3 Å². The minimum atomic E-state index is -0.744. The highest BCUT2D eigenvalue weighted by molar-refractivity contribution is 7.09. The van der Waals surface area contributed by atoms with E-state index in [1.54, 1.807) is 49.6 Å². The molecule has 0 aliphatic carbocycles. The number of Topliss-reactive ketones (excluding diaryl/α,β-unsaturated/α-hetero) is 1. The summed E-state index contributed by atoms with van der Waals surface area (Å²) >= 11 is 1.50. The first kappa shape index (κ1) is 21.1. The van der Waals surface area contributed by atoms with Crippen molar-refractivity contribution in [2.75, 3.05) is 20.3 Å². The van der Waals surface area contributed by atoms with Gasteiger partial charge in [-0.1, -0.05) is 18.2 Å². The van der Waals surface area contributed by atoms with Gasteiger partial charge in [0, 0.05) is 10.4 Å². The molecule has 33 heavy (non-hydrogen) atoms. The van der Waals surface area contributed by atoms with Crippen molar-refractivity contribution in [1.29, 1.82) is 0 Å². The molecule has 3 aromatic rings. The lowest BCUT2D eigenvalue weighted by Crippen LogP contribution is -2.28. The molecule has 1 saturated heterocycles. The van der Waals surface area contributed by atoms with Gasteiger partial charge in [-0.2, -0.15) is 0 Å². The van der Waals surface area contributed by atoms with E-state index in [0.717, 1.165) is 4.88 Å². The molecule has 1 unspecified atom stereocenters. The van der Waals surface area contributed by atoms with Gasteiger partial charge in [-0.3, -0.25) is 9.59 Å². The van der Waals surface area contributed by atoms with Gasteiger partial charge in [0.05, 0.1) is 25.3 Å². The Morgan fingerprint density at radius 1 is 1.09 bits per heavy atom. The number of benzene rings is 2. The molecule has 7 nitrogen and oxygen atoms in total. The number of rotatable bonds is 5. The van der Waals surface area contributed by atoms with Crippen molar-refractivity contribution in [3.63, 3.8) is 0 Å². The first-order valence-electron chi connectivity index (χ1n) is 10.4. The summed E-state index contributed by atoms with van der Waals surface area (Å²) in [5.74, 6) is 0.0884. The molecule has 0 saturated carbocycles. The summed E-state index contributed by atoms with van der Waals surface area (Å²) in [4.78, 5) is 28.7. The molecule has 0 bridgehead atoms. The fraction of sp³-hybridized carbons (Fsp3) is 0.200. The molecule has 1 atom stereocenters. The predicted molar refractivity (Wildman–Crippen MR) is 123 cm³/mol. The van der Waals surface area contributed by atoms with Gasteiger partial charge in [-0.25, -0.2) is 0 Å². The number of fused-ring (bicyclic) bond motifs is 1. The van der Waals surface area contributed by atoms with Crippen LogP contribution in [0.5, 0.6) is 17.2 Å². The lowest BCUT2D eigenvalue weighted by atomic mass is 9.95.